The Morgan fingerprint density at radius 3 is 2.77 bits per heavy atom. The van der Waals surface area contributed by atoms with Gasteiger partial charge in [0.2, 0.25) is 5.79 Å². The molecule has 13 heavy (non-hydrogen) atoms. The van der Waals surface area contributed by atoms with E-state index in [4.69, 9.17) is 25.8 Å². The zero-order valence-electron chi connectivity index (χ0n) is 7.75. The first kappa shape index (κ1) is 9.68. The Bertz CT molecular complexity index is 198. The summed E-state index contributed by atoms with van der Waals surface area (Å²) >= 11 is 6.06. The third-order valence-electron chi connectivity index (χ3n) is 2.86. The van der Waals surface area contributed by atoms with Crippen molar-refractivity contribution in [2.45, 2.75) is 23.3 Å². The number of nitrogens with one attached hydrogen (secondary N) is 1. The highest BCUT2D eigenvalue weighted by Crippen LogP contribution is 2.35. The van der Waals surface area contributed by atoms with E-state index in [0.717, 1.165) is 6.54 Å². The van der Waals surface area contributed by atoms with Crippen LogP contribution in [0.2, 0.25) is 0 Å². The smallest absolute Gasteiger partial charge is 0.209 e. The third-order valence-corrected chi connectivity index (χ3v) is 3.26. The molecule has 0 bridgehead atoms. The molecule has 0 radical (unpaired) electrons. The minimum atomic E-state index is -0.658. The molecule has 2 aliphatic heterocycles. The minimum absolute atomic E-state index is 0.00145. The van der Waals surface area contributed by atoms with Crippen molar-refractivity contribution in [2.75, 3.05) is 27.4 Å². The summed E-state index contributed by atoms with van der Waals surface area (Å²) in [6, 6.07) is 0.0463. The molecule has 0 saturated carbocycles. The Hall–Kier alpha value is 0.130. The van der Waals surface area contributed by atoms with Crippen molar-refractivity contribution in [1.29, 1.82) is 0 Å². The third kappa shape index (κ3) is 1.28. The van der Waals surface area contributed by atoms with Gasteiger partial charge in [-0.05, 0) is 0 Å². The summed E-state index contributed by atoms with van der Waals surface area (Å²) < 4.78 is 16.2. The molecule has 2 fully saturated rings. The Balaban J connectivity index is 2.17. The number of fused-ring (bicyclic) bond motifs is 1. The maximum absolute atomic E-state index is 6.06. The number of ether oxygens (including phenoxy) is 3. The Labute approximate surface area is 82.5 Å². The van der Waals surface area contributed by atoms with E-state index in [1.807, 2.05) is 0 Å². The number of hydrogen-bond donors (Lipinski definition) is 1. The Morgan fingerprint density at radius 2 is 2.15 bits per heavy atom. The first-order chi connectivity index (χ1) is 6.23. The van der Waals surface area contributed by atoms with Gasteiger partial charge in [-0.25, -0.2) is 0 Å². The Kier molecular flexibility index (Phi) is 2.51. The van der Waals surface area contributed by atoms with Crippen LogP contribution in [0.15, 0.2) is 0 Å². The lowest BCUT2D eigenvalue weighted by Crippen LogP contribution is -2.51. The molecule has 1 N–H and O–H groups in total. The fourth-order valence-corrected chi connectivity index (χ4v) is 2.35. The minimum Gasteiger partial charge on any atom is -0.369 e. The Morgan fingerprint density at radius 1 is 1.46 bits per heavy atom. The highest BCUT2D eigenvalue weighted by Gasteiger charge is 2.56. The van der Waals surface area contributed by atoms with Gasteiger partial charge >= 0.3 is 0 Å². The maximum Gasteiger partial charge on any atom is 0.209 e. The maximum atomic E-state index is 6.06. The lowest BCUT2D eigenvalue weighted by molar-refractivity contribution is -0.213. The highest BCUT2D eigenvalue weighted by molar-refractivity contribution is 6.21. The van der Waals surface area contributed by atoms with E-state index in [1.54, 1.807) is 14.2 Å². The summed E-state index contributed by atoms with van der Waals surface area (Å²) in [5.74, 6) is -0.658. The van der Waals surface area contributed by atoms with Crippen LogP contribution >= 0.6 is 11.6 Å². The van der Waals surface area contributed by atoms with Crippen LogP contribution in [0, 0.1) is 0 Å². The summed E-state index contributed by atoms with van der Waals surface area (Å²) in [4.78, 5) is 0. The zero-order valence-corrected chi connectivity index (χ0v) is 8.50. The van der Waals surface area contributed by atoms with Crippen molar-refractivity contribution in [3.63, 3.8) is 0 Å². The summed E-state index contributed by atoms with van der Waals surface area (Å²) in [7, 11) is 3.25. The van der Waals surface area contributed by atoms with E-state index < -0.39 is 5.79 Å². The molecule has 0 spiro atoms. The first-order valence-corrected chi connectivity index (χ1v) is 4.76. The second-order valence-corrected chi connectivity index (χ2v) is 3.96. The molecule has 5 heteroatoms. The molecule has 3 atom stereocenters. The number of halogens is 1. The normalized spacial score (nSPS) is 42.2. The molecule has 2 heterocycles. The number of alkyl halides is 1. The summed E-state index contributed by atoms with van der Waals surface area (Å²) in [5, 5.41) is 3.27. The highest BCUT2D eigenvalue weighted by atomic mass is 35.5. The van der Waals surface area contributed by atoms with Crippen LogP contribution in [0.25, 0.3) is 0 Å². The van der Waals surface area contributed by atoms with E-state index in [9.17, 15) is 0 Å². The molecule has 2 rings (SSSR count). The molecular weight excluding hydrogens is 194 g/mol. The summed E-state index contributed by atoms with van der Waals surface area (Å²) in [6.45, 7) is 1.18. The lowest BCUT2D eigenvalue weighted by atomic mass is 10.1. The van der Waals surface area contributed by atoms with E-state index in [1.165, 1.54) is 0 Å². The van der Waals surface area contributed by atoms with Crippen LogP contribution < -0.4 is 5.32 Å². The van der Waals surface area contributed by atoms with Crippen LogP contribution in [0.5, 0.6) is 0 Å². The van der Waals surface area contributed by atoms with Crippen LogP contribution in [0.4, 0.5) is 0 Å². The van der Waals surface area contributed by atoms with Gasteiger partial charge in [-0.2, -0.15) is 0 Å². The number of methoxy groups -OCH3 is 2. The molecule has 0 aromatic rings. The predicted octanol–water partition coefficient (Wildman–Crippen LogP) is -0.0465. The fraction of sp³-hybridized carbons (Fsp3) is 1.00. The average Bonchev–Trinajstić information content (AvgIpc) is 2.68. The van der Waals surface area contributed by atoms with Gasteiger partial charge in [0.15, 0.2) is 0 Å². The van der Waals surface area contributed by atoms with Crippen molar-refractivity contribution in [2.24, 2.45) is 0 Å². The van der Waals surface area contributed by atoms with E-state index >= 15 is 0 Å². The molecular formula is C8H14ClNO3. The predicted molar refractivity (Wildman–Crippen MR) is 47.9 cm³/mol. The molecule has 2 unspecified atom stereocenters. The topological polar surface area (TPSA) is 39.7 Å². The zero-order chi connectivity index (χ0) is 9.47. The molecule has 4 nitrogen and oxygen atoms in total. The monoisotopic (exact) mass is 207 g/mol. The van der Waals surface area contributed by atoms with Crippen LogP contribution in [0.1, 0.15) is 0 Å². The van der Waals surface area contributed by atoms with Crippen LogP contribution in [-0.2, 0) is 14.2 Å². The summed E-state index contributed by atoms with van der Waals surface area (Å²) in [6.07, 6.45) is 0.00145. The second-order valence-electron chi connectivity index (χ2n) is 3.40. The number of hydrogen-bond acceptors (Lipinski definition) is 4. The largest absolute Gasteiger partial charge is 0.369 e. The van der Waals surface area contributed by atoms with Gasteiger partial charge in [-0.1, -0.05) is 0 Å². The SMILES string of the molecule is COC1(OC)COC2C1NC[C@@H]2Cl. The van der Waals surface area contributed by atoms with Gasteiger partial charge in [0, 0.05) is 20.8 Å². The molecule has 0 aromatic heterocycles. The standard InChI is InChI=1S/C8H14ClNO3/c1-11-8(12-2)4-13-6-5(9)3-10-7(6)8/h5-7,10H,3-4H2,1-2H3/t5-,6?,7?/m0/s1. The van der Waals surface area contributed by atoms with E-state index in [-0.39, 0.29) is 17.5 Å². The van der Waals surface area contributed by atoms with Crippen molar-refractivity contribution in [1.82, 2.24) is 5.32 Å². The molecule has 2 aliphatic rings. The van der Waals surface area contributed by atoms with Gasteiger partial charge < -0.3 is 19.5 Å². The molecule has 0 aromatic carbocycles. The van der Waals surface area contributed by atoms with Gasteiger partial charge in [0.25, 0.3) is 0 Å². The van der Waals surface area contributed by atoms with Gasteiger partial charge in [0.05, 0.1) is 17.5 Å². The van der Waals surface area contributed by atoms with Gasteiger partial charge in [-0.15, -0.1) is 11.6 Å². The molecule has 2 saturated heterocycles. The molecule has 0 amide bonds. The molecule has 76 valence electrons. The molecule has 0 aliphatic carbocycles. The number of rotatable bonds is 2. The quantitative estimate of drug-likeness (QED) is 0.509. The second kappa shape index (κ2) is 3.37. The van der Waals surface area contributed by atoms with Crippen molar-refractivity contribution < 1.29 is 14.2 Å². The van der Waals surface area contributed by atoms with Gasteiger partial charge in [0.1, 0.15) is 6.61 Å². The van der Waals surface area contributed by atoms with Crippen molar-refractivity contribution in [3.05, 3.63) is 0 Å². The first-order valence-electron chi connectivity index (χ1n) is 4.33. The van der Waals surface area contributed by atoms with E-state index in [0.29, 0.717) is 6.61 Å². The summed E-state index contributed by atoms with van der Waals surface area (Å²) in [5.41, 5.74) is 0. The van der Waals surface area contributed by atoms with Crippen molar-refractivity contribution >= 4 is 11.6 Å². The average molecular weight is 208 g/mol. The fourth-order valence-electron chi connectivity index (χ4n) is 2.04. The van der Waals surface area contributed by atoms with Crippen molar-refractivity contribution in [3.8, 4) is 0 Å². The van der Waals surface area contributed by atoms with Crippen LogP contribution in [0.3, 0.4) is 0 Å². The van der Waals surface area contributed by atoms with Gasteiger partial charge in [-0.3, -0.25) is 0 Å². The van der Waals surface area contributed by atoms with Crippen LogP contribution in [-0.4, -0.2) is 50.7 Å². The lowest BCUT2D eigenvalue weighted by Gasteiger charge is -2.29. The van der Waals surface area contributed by atoms with E-state index in [2.05, 4.69) is 5.32 Å².